The van der Waals surface area contributed by atoms with Crippen molar-refractivity contribution in [3.8, 4) is 0 Å². The number of quaternary nitrogens is 1. The van der Waals surface area contributed by atoms with Crippen LogP contribution in [0.2, 0.25) is 0 Å². The zero-order chi connectivity index (χ0) is 21.3. The van der Waals surface area contributed by atoms with Crippen molar-refractivity contribution < 1.29 is 22.9 Å². The van der Waals surface area contributed by atoms with Gasteiger partial charge in [-0.25, -0.2) is 8.42 Å². The van der Waals surface area contributed by atoms with Crippen molar-refractivity contribution in [3.05, 3.63) is 52.8 Å². The Balaban J connectivity index is 1.63. The maximum atomic E-state index is 12.9. The smallest absolute Gasteiger partial charge is 0.243 e. The molecule has 7 nitrogen and oxygen atoms in total. The first-order chi connectivity index (χ1) is 13.6. The van der Waals surface area contributed by atoms with Gasteiger partial charge in [-0.05, 0) is 39.0 Å². The number of aryl methyl sites for hydroxylation is 1. The van der Waals surface area contributed by atoms with Gasteiger partial charge in [-0.15, -0.1) is 0 Å². The van der Waals surface area contributed by atoms with Crippen molar-refractivity contribution in [1.29, 1.82) is 0 Å². The highest BCUT2D eigenvalue weighted by molar-refractivity contribution is 7.89. The van der Waals surface area contributed by atoms with Crippen LogP contribution in [0.1, 0.15) is 39.0 Å². The minimum atomic E-state index is -3.60. The van der Waals surface area contributed by atoms with E-state index >= 15 is 0 Å². The Morgan fingerprint density at radius 3 is 2.14 bits per heavy atom. The number of nitrogens with zero attached hydrogens (tertiary/aromatic N) is 2. The van der Waals surface area contributed by atoms with Crippen molar-refractivity contribution >= 4 is 21.6 Å². The number of carbonyl (C=O) groups is 2. The van der Waals surface area contributed by atoms with Gasteiger partial charge < -0.3 is 9.47 Å². The standard InChI is InChI=1S/C21H27N3O4S/c1-15-13-20(16(2)22(15)4)21(26)14-23-9-11-24(12-10-23)29(27,28)19-7-5-18(6-8-19)17(3)25/h5-8,13H,9-12,14H2,1-4H3/p+1. The van der Waals surface area contributed by atoms with E-state index in [-0.39, 0.29) is 16.5 Å². The molecular formula is C21H28N3O4S+. The second-order valence-corrected chi connectivity index (χ2v) is 9.62. The molecule has 29 heavy (non-hydrogen) atoms. The number of hydrogen-bond acceptors (Lipinski definition) is 4. The molecule has 0 saturated carbocycles. The Kier molecular flexibility index (Phi) is 6.07. The molecular weight excluding hydrogens is 390 g/mol. The molecule has 8 heteroatoms. The van der Waals surface area contributed by atoms with Crippen molar-refractivity contribution in [1.82, 2.24) is 8.87 Å². The zero-order valence-corrected chi connectivity index (χ0v) is 18.2. The topological polar surface area (TPSA) is 80.9 Å². The third-order valence-electron chi connectivity index (χ3n) is 5.81. The van der Waals surface area contributed by atoms with E-state index in [1.165, 1.54) is 23.4 Å². The molecule has 2 aromatic rings. The molecule has 0 atom stereocenters. The zero-order valence-electron chi connectivity index (χ0n) is 17.4. The van der Waals surface area contributed by atoms with Gasteiger partial charge in [0.05, 0.1) is 31.1 Å². The lowest BCUT2D eigenvalue weighted by atomic mass is 10.1. The number of rotatable bonds is 6. The molecule has 0 unspecified atom stereocenters. The van der Waals surface area contributed by atoms with Crippen molar-refractivity contribution in [2.45, 2.75) is 25.7 Å². The van der Waals surface area contributed by atoms with E-state index in [2.05, 4.69) is 0 Å². The van der Waals surface area contributed by atoms with Crippen LogP contribution >= 0.6 is 0 Å². The largest absolute Gasteiger partial charge is 0.351 e. The first-order valence-electron chi connectivity index (χ1n) is 9.72. The number of aromatic nitrogens is 1. The van der Waals surface area contributed by atoms with Gasteiger partial charge in [0.1, 0.15) is 6.54 Å². The average Bonchev–Trinajstić information content (AvgIpc) is 2.96. The molecule has 0 aliphatic carbocycles. The van der Waals surface area contributed by atoms with Gasteiger partial charge in [-0.1, -0.05) is 12.1 Å². The third-order valence-corrected chi connectivity index (χ3v) is 7.73. The molecule has 1 N–H and O–H groups in total. The summed E-state index contributed by atoms with van der Waals surface area (Å²) in [6.45, 7) is 7.64. The van der Waals surface area contributed by atoms with Crippen molar-refractivity contribution in [2.24, 2.45) is 7.05 Å². The molecule has 0 radical (unpaired) electrons. The molecule has 1 aliphatic heterocycles. The summed E-state index contributed by atoms with van der Waals surface area (Å²) in [6, 6.07) is 7.96. The molecule has 3 rings (SSSR count). The molecule has 1 aromatic heterocycles. The Morgan fingerprint density at radius 1 is 1.07 bits per heavy atom. The molecule has 0 spiro atoms. The number of carbonyl (C=O) groups excluding carboxylic acids is 2. The van der Waals surface area contributed by atoms with E-state index in [4.69, 9.17) is 0 Å². The Bertz CT molecular complexity index is 1030. The summed E-state index contributed by atoms with van der Waals surface area (Å²) in [6.07, 6.45) is 0. The Hall–Kier alpha value is -2.29. The maximum absolute atomic E-state index is 12.9. The van der Waals surface area contributed by atoms with Crippen LogP contribution in [-0.4, -0.2) is 61.6 Å². The summed E-state index contributed by atoms with van der Waals surface area (Å²) < 4.78 is 29.2. The van der Waals surface area contributed by atoms with E-state index in [1.54, 1.807) is 12.1 Å². The second kappa shape index (κ2) is 8.22. The number of nitrogens with one attached hydrogen (secondary N) is 1. The molecule has 0 amide bonds. The first-order valence-corrected chi connectivity index (χ1v) is 11.2. The number of sulfonamides is 1. The molecule has 2 heterocycles. The van der Waals surface area contributed by atoms with E-state index in [9.17, 15) is 18.0 Å². The van der Waals surface area contributed by atoms with E-state index in [1.807, 2.05) is 31.5 Å². The van der Waals surface area contributed by atoms with Crippen molar-refractivity contribution in [2.75, 3.05) is 32.7 Å². The van der Waals surface area contributed by atoms with Gasteiger partial charge in [0.25, 0.3) is 0 Å². The second-order valence-electron chi connectivity index (χ2n) is 7.68. The fraction of sp³-hybridized carbons (Fsp3) is 0.429. The number of Topliss-reactive ketones (excluding diaryl/α,β-unsaturated/α-hetero) is 2. The van der Waals surface area contributed by atoms with Crippen LogP contribution in [0.15, 0.2) is 35.2 Å². The van der Waals surface area contributed by atoms with Crippen molar-refractivity contribution in [3.63, 3.8) is 0 Å². The number of benzene rings is 1. The highest BCUT2D eigenvalue weighted by Gasteiger charge is 2.31. The summed E-state index contributed by atoms with van der Waals surface area (Å²) in [5, 5.41) is 0. The summed E-state index contributed by atoms with van der Waals surface area (Å²) >= 11 is 0. The highest BCUT2D eigenvalue weighted by atomic mass is 32.2. The summed E-state index contributed by atoms with van der Waals surface area (Å²) in [4.78, 5) is 25.4. The number of hydrogen-bond donors (Lipinski definition) is 1. The molecule has 1 saturated heterocycles. The molecule has 1 aromatic carbocycles. The Labute approximate surface area is 172 Å². The Morgan fingerprint density at radius 2 is 1.66 bits per heavy atom. The highest BCUT2D eigenvalue weighted by Crippen LogP contribution is 2.17. The van der Waals surface area contributed by atoms with Crippen LogP contribution in [0.25, 0.3) is 0 Å². The van der Waals surface area contributed by atoms with Gasteiger partial charge in [0, 0.05) is 29.6 Å². The summed E-state index contributed by atoms with van der Waals surface area (Å²) in [7, 11) is -1.65. The van der Waals surface area contributed by atoms with Gasteiger partial charge in [-0.3, -0.25) is 9.59 Å². The summed E-state index contributed by atoms with van der Waals surface area (Å²) in [5.74, 6) is -0.00277. The molecule has 1 fully saturated rings. The monoisotopic (exact) mass is 418 g/mol. The van der Waals surface area contributed by atoms with Crippen LogP contribution in [0.4, 0.5) is 0 Å². The van der Waals surface area contributed by atoms with Crippen LogP contribution in [-0.2, 0) is 17.1 Å². The normalized spacial score (nSPS) is 16.1. The van der Waals surface area contributed by atoms with Gasteiger partial charge in [-0.2, -0.15) is 4.31 Å². The lowest BCUT2D eigenvalue weighted by Crippen LogP contribution is -3.15. The quantitative estimate of drug-likeness (QED) is 0.698. The molecule has 1 aliphatic rings. The first kappa shape index (κ1) is 21.4. The lowest BCUT2D eigenvalue weighted by Gasteiger charge is -2.31. The third kappa shape index (κ3) is 4.34. The number of ketones is 2. The van der Waals surface area contributed by atoms with E-state index < -0.39 is 10.0 Å². The lowest BCUT2D eigenvalue weighted by molar-refractivity contribution is -0.895. The predicted octanol–water partition coefficient (Wildman–Crippen LogP) is 0.617. The van der Waals surface area contributed by atoms with Gasteiger partial charge in [0.15, 0.2) is 5.78 Å². The molecule has 0 bridgehead atoms. The number of piperazine rings is 1. The SMILES string of the molecule is CC(=O)c1ccc(S(=O)(=O)N2CC[NH+](CC(=O)c3cc(C)n(C)c3C)CC2)cc1. The average molecular weight is 419 g/mol. The fourth-order valence-corrected chi connectivity index (χ4v) is 5.13. The minimum absolute atomic E-state index is 0.0947. The van der Waals surface area contributed by atoms with Crippen LogP contribution < -0.4 is 4.90 Å². The van der Waals surface area contributed by atoms with Crippen LogP contribution in [0.5, 0.6) is 0 Å². The minimum Gasteiger partial charge on any atom is -0.351 e. The van der Waals surface area contributed by atoms with Crippen LogP contribution in [0.3, 0.4) is 0 Å². The van der Waals surface area contributed by atoms with Gasteiger partial charge in [0.2, 0.25) is 15.8 Å². The van der Waals surface area contributed by atoms with E-state index in [0.29, 0.717) is 38.3 Å². The predicted molar refractivity (Wildman–Crippen MR) is 110 cm³/mol. The maximum Gasteiger partial charge on any atom is 0.243 e. The van der Waals surface area contributed by atoms with Gasteiger partial charge >= 0.3 is 0 Å². The van der Waals surface area contributed by atoms with Crippen LogP contribution in [0, 0.1) is 13.8 Å². The summed E-state index contributed by atoms with van der Waals surface area (Å²) in [5.41, 5.74) is 3.25. The van der Waals surface area contributed by atoms with E-state index in [0.717, 1.165) is 21.9 Å². The fourth-order valence-electron chi connectivity index (χ4n) is 3.69. The molecule has 156 valence electrons.